The van der Waals surface area contributed by atoms with Crippen LogP contribution in [-0.4, -0.2) is 122 Å². The van der Waals surface area contributed by atoms with E-state index >= 15 is 0 Å². The summed E-state index contributed by atoms with van der Waals surface area (Å²) in [7, 11) is 1.60. The number of esters is 1. The number of carbonyl (C=O) groups is 7. The molecule has 0 aromatic heterocycles. The number of aryl methyl sites for hydroxylation is 1. The largest absolute Gasteiger partial charge is 0.460 e. The monoisotopic (exact) mass is 771 g/mol. The van der Waals surface area contributed by atoms with Crippen molar-refractivity contribution < 1.29 is 52.5 Å². The zero-order valence-corrected chi connectivity index (χ0v) is 33.2. The molecule has 2 aliphatic heterocycles. The molecule has 0 unspecified atom stereocenters. The average Bonchev–Trinajstić information content (AvgIpc) is 3.61. The second-order valence-corrected chi connectivity index (χ2v) is 14.9. The quantitative estimate of drug-likeness (QED) is 0.0937. The summed E-state index contributed by atoms with van der Waals surface area (Å²) in [5, 5.41) is 8.19. The first-order valence-corrected chi connectivity index (χ1v) is 18.7. The summed E-state index contributed by atoms with van der Waals surface area (Å²) >= 11 is 0. The fourth-order valence-corrected chi connectivity index (χ4v) is 5.98. The highest BCUT2D eigenvalue weighted by molar-refractivity contribution is 6.15. The molecular weight excluding hydrogens is 714 g/mol. The number of imide groups is 1. The molecule has 0 aliphatic carbocycles. The van der Waals surface area contributed by atoms with E-state index < -0.39 is 77.5 Å². The van der Waals surface area contributed by atoms with Crippen molar-refractivity contribution in [2.24, 2.45) is 11.3 Å². The Labute approximate surface area is 323 Å². The maximum absolute atomic E-state index is 13.4. The molecule has 3 rings (SSSR count). The van der Waals surface area contributed by atoms with Crippen LogP contribution < -0.4 is 16.0 Å². The number of ether oxygens (including phenoxy) is 4. The van der Waals surface area contributed by atoms with Gasteiger partial charge in [-0.05, 0) is 76.6 Å². The van der Waals surface area contributed by atoms with Gasteiger partial charge in [-0.1, -0.05) is 19.9 Å². The molecule has 0 bridgehead atoms. The first-order chi connectivity index (χ1) is 26.0. The van der Waals surface area contributed by atoms with E-state index in [1.54, 1.807) is 66.9 Å². The van der Waals surface area contributed by atoms with Crippen LogP contribution in [0.2, 0.25) is 0 Å². The number of hydrogen-bond acceptors (Lipinski definition) is 11. The Bertz CT molecular complexity index is 1570. The molecule has 1 saturated heterocycles. The minimum absolute atomic E-state index is 0.0634. The summed E-state index contributed by atoms with van der Waals surface area (Å²) in [5.74, 6) is -4.25. The van der Waals surface area contributed by atoms with E-state index in [0.29, 0.717) is 45.0 Å². The Morgan fingerprint density at radius 1 is 0.909 bits per heavy atom. The van der Waals surface area contributed by atoms with Crippen LogP contribution in [-0.2, 0) is 65.5 Å². The first kappa shape index (κ1) is 44.7. The van der Waals surface area contributed by atoms with E-state index in [-0.39, 0.29) is 25.6 Å². The van der Waals surface area contributed by atoms with Crippen LogP contribution in [0.4, 0.5) is 5.69 Å². The van der Waals surface area contributed by atoms with Crippen molar-refractivity contribution in [1.82, 2.24) is 20.4 Å². The highest BCUT2D eigenvalue weighted by Gasteiger charge is 2.47. The summed E-state index contributed by atoms with van der Waals surface area (Å²) in [6, 6.07) is 1.56. The first-order valence-electron chi connectivity index (χ1n) is 18.7. The summed E-state index contributed by atoms with van der Waals surface area (Å²) < 4.78 is 21.7. The van der Waals surface area contributed by atoms with Gasteiger partial charge in [-0.2, -0.15) is 0 Å². The van der Waals surface area contributed by atoms with E-state index in [1.807, 2.05) is 0 Å². The summed E-state index contributed by atoms with van der Waals surface area (Å²) in [6.45, 7) is 13.6. The van der Waals surface area contributed by atoms with Crippen LogP contribution in [0.3, 0.4) is 0 Å². The van der Waals surface area contributed by atoms with Crippen LogP contribution >= 0.6 is 0 Å². The Hall–Kier alpha value is -4.67. The van der Waals surface area contributed by atoms with Crippen LogP contribution in [0.1, 0.15) is 72.4 Å². The number of carbonyl (C=O) groups excluding carboxylic acids is 7. The van der Waals surface area contributed by atoms with E-state index in [4.69, 9.17) is 18.9 Å². The van der Waals surface area contributed by atoms with Gasteiger partial charge < -0.3 is 39.8 Å². The summed E-state index contributed by atoms with van der Waals surface area (Å²) in [4.78, 5) is 92.7. The number of benzene rings is 1. The smallest absolute Gasteiger partial charge is 0.311 e. The Kier molecular flexibility index (Phi) is 17.0. The number of amides is 6. The standard InChI is InChI=1S/C39H57N5O11/c1-9-53-23-29-20-30(44-32(46)14-15-33(44)47)37(50)43(29)21-31(45)42-34(24(2)3)36(49)40-25(4)35(48)41-28-13-12-27(22-55-38(51)39(5,6)7)26(19-28)11-10-16-54-18-17-52-8/h12-15,19,24-25,29-30,34H,9-11,16-18,20-23H2,1-8H3,(H,40,49)(H,41,48)(H,42,45)/t25-,29-,30-,34-/m0/s1. The molecule has 4 atom stereocenters. The minimum Gasteiger partial charge on any atom is -0.460 e. The maximum Gasteiger partial charge on any atom is 0.311 e. The topological polar surface area (TPSA) is 199 Å². The average molecular weight is 772 g/mol. The maximum atomic E-state index is 13.4. The van der Waals surface area contributed by atoms with Crippen molar-refractivity contribution in [3.05, 3.63) is 41.5 Å². The fraction of sp³-hybridized carbons (Fsp3) is 0.615. The number of nitrogens with zero attached hydrogens (tertiary/aromatic N) is 2. The molecule has 1 fully saturated rings. The molecular formula is C39H57N5O11. The number of methoxy groups -OCH3 is 1. The number of anilines is 1. The molecule has 55 heavy (non-hydrogen) atoms. The fourth-order valence-electron chi connectivity index (χ4n) is 5.98. The predicted octanol–water partition coefficient (Wildman–Crippen LogP) is 1.89. The normalized spacial score (nSPS) is 18.2. The van der Waals surface area contributed by atoms with Gasteiger partial charge in [0.15, 0.2) is 0 Å². The summed E-state index contributed by atoms with van der Waals surface area (Å²) in [6.07, 6.45) is 3.56. The third kappa shape index (κ3) is 13.0. The van der Waals surface area contributed by atoms with Gasteiger partial charge in [0.2, 0.25) is 23.6 Å². The van der Waals surface area contributed by atoms with Crippen LogP contribution in [0.5, 0.6) is 0 Å². The minimum atomic E-state index is -1.07. The van der Waals surface area contributed by atoms with E-state index in [1.165, 1.54) is 11.8 Å². The van der Waals surface area contributed by atoms with Gasteiger partial charge in [0.25, 0.3) is 11.8 Å². The van der Waals surface area contributed by atoms with Crippen LogP contribution in [0.15, 0.2) is 30.4 Å². The lowest BCUT2D eigenvalue weighted by Gasteiger charge is -2.27. The SMILES string of the molecule is CCOC[C@@H]1C[C@H](N2C(=O)C=CC2=O)C(=O)N1CC(=O)N[C@H](C(=O)N[C@@H](C)C(=O)Nc1ccc(COC(=O)C(C)(C)C)c(CCCOCCOC)c1)C(C)C. The predicted molar refractivity (Wildman–Crippen MR) is 201 cm³/mol. The van der Waals surface area contributed by atoms with Gasteiger partial charge in [0.05, 0.1) is 37.8 Å². The van der Waals surface area contributed by atoms with Gasteiger partial charge in [-0.25, -0.2) is 0 Å². The van der Waals surface area contributed by atoms with Gasteiger partial charge in [0.1, 0.15) is 24.7 Å². The number of nitrogens with one attached hydrogen (secondary N) is 3. The molecule has 304 valence electrons. The van der Waals surface area contributed by atoms with Crippen LogP contribution in [0, 0.1) is 11.3 Å². The second kappa shape index (κ2) is 20.9. The highest BCUT2D eigenvalue weighted by Crippen LogP contribution is 2.27. The molecule has 1 aromatic carbocycles. The van der Waals surface area contributed by atoms with Gasteiger partial charge in [-0.3, -0.25) is 38.5 Å². The van der Waals surface area contributed by atoms with E-state index in [2.05, 4.69) is 16.0 Å². The summed E-state index contributed by atoms with van der Waals surface area (Å²) in [5.41, 5.74) is 1.45. The molecule has 16 heteroatoms. The number of hydrogen-bond donors (Lipinski definition) is 3. The third-order valence-electron chi connectivity index (χ3n) is 9.12. The zero-order valence-electron chi connectivity index (χ0n) is 33.2. The lowest BCUT2D eigenvalue weighted by molar-refractivity contribution is -0.154. The molecule has 0 spiro atoms. The van der Waals surface area contributed by atoms with Crippen molar-refractivity contribution in [1.29, 1.82) is 0 Å². The second-order valence-electron chi connectivity index (χ2n) is 14.9. The van der Waals surface area contributed by atoms with Crippen molar-refractivity contribution in [3.63, 3.8) is 0 Å². The molecule has 16 nitrogen and oxygen atoms in total. The molecule has 2 aliphatic rings. The molecule has 3 N–H and O–H groups in total. The highest BCUT2D eigenvalue weighted by atomic mass is 16.5. The van der Waals surface area contributed by atoms with Crippen molar-refractivity contribution in [3.8, 4) is 0 Å². The number of rotatable bonds is 21. The van der Waals surface area contributed by atoms with Crippen LogP contribution in [0.25, 0.3) is 0 Å². The van der Waals surface area contributed by atoms with Gasteiger partial charge in [-0.15, -0.1) is 0 Å². The zero-order chi connectivity index (χ0) is 40.9. The molecule has 0 radical (unpaired) electrons. The van der Waals surface area contributed by atoms with Crippen molar-refractivity contribution in [2.75, 3.05) is 52.0 Å². The molecule has 2 heterocycles. The van der Waals surface area contributed by atoms with Gasteiger partial charge in [0, 0.05) is 44.6 Å². The third-order valence-corrected chi connectivity index (χ3v) is 9.12. The van der Waals surface area contributed by atoms with E-state index in [9.17, 15) is 33.6 Å². The lowest BCUT2D eigenvalue weighted by atomic mass is 9.97. The van der Waals surface area contributed by atoms with Gasteiger partial charge >= 0.3 is 5.97 Å². The Morgan fingerprint density at radius 2 is 1.60 bits per heavy atom. The number of likely N-dealkylation sites (tertiary alicyclic amines) is 1. The van der Waals surface area contributed by atoms with E-state index in [0.717, 1.165) is 28.2 Å². The molecule has 0 saturated carbocycles. The molecule has 1 aromatic rings. The molecule has 6 amide bonds. The Balaban J connectivity index is 1.64. The van der Waals surface area contributed by atoms with Crippen molar-refractivity contribution in [2.45, 2.75) is 98.5 Å². The van der Waals surface area contributed by atoms with Crippen molar-refractivity contribution >= 4 is 47.1 Å². The lowest BCUT2D eigenvalue weighted by Crippen LogP contribution is -2.56. The Morgan fingerprint density at radius 3 is 2.22 bits per heavy atom.